The molecule has 120 valence electrons. The minimum atomic E-state index is -0.649. The van der Waals surface area contributed by atoms with E-state index in [2.05, 4.69) is 0 Å². The van der Waals surface area contributed by atoms with Gasteiger partial charge in [0.1, 0.15) is 18.3 Å². The van der Waals surface area contributed by atoms with Crippen molar-refractivity contribution in [2.45, 2.75) is 76.9 Å². The first-order valence-electron chi connectivity index (χ1n) is 7.41. The summed E-state index contributed by atoms with van der Waals surface area (Å²) in [4.78, 5) is 0. The second-order valence-electron chi connectivity index (χ2n) is 6.51. The minimum Gasteiger partial charge on any atom is -0.470 e. The highest BCUT2D eigenvalue weighted by Crippen LogP contribution is 2.42. The van der Waals surface area contributed by atoms with Gasteiger partial charge in [-0.1, -0.05) is 6.08 Å². The van der Waals surface area contributed by atoms with E-state index in [1.165, 1.54) is 0 Å². The summed E-state index contributed by atoms with van der Waals surface area (Å²) in [6, 6.07) is 0. The highest BCUT2D eigenvalue weighted by Gasteiger charge is 2.59. The topological polar surface area (TPSA) is 55.4 Å². The molecule has 0 radical (unpaired) electrons. The molecule has 0 aromatic heterocycles. The zero-order valence-corrected chi connectivity index (χ0v) is 13.2. The van der Waals surface area contributed by atoms with Gasteiger partial charge in [-0.05, 0) is 34.6 Å². The van der Waals surface area contributed by atoms with Crippen molar-refractivity contribution < 1.29 is 28.4 Å². The number of hydrogen-bond donors (Lipinski definition) is 0. The average molecular weight is 300 g/mol. The van der Waals surface area contributed by atoms with Crippen LogP contribution in [0.4, 0.5) is 0 Å². The van der Waals surface area contributed by atoms with E-state index >= 15 is 0 Å². The van der Waals surface area contributed by atoms with Gasteiger partial charge < -0.3 is 28.4 Å². The summed E-state index contributed by atoms with van der Waals surface area (Å²) < 4.78 is 35.0. The number of rotatable bonds is 3. The Morgan fingerprint density at radius 1 is 0.952 bits per heavy atom. The molecule has 6 nitrogen and oxygen atoms in total. The van der Waals surface area contributed by atoms with Crippen LogP contribution in [0.3, 0.4) is 0 Å². The van der Waals surface area contributed by atoms with E-state index in [1.54, 1.807) is 6.26 Å². The van der Waals surface area contributed by atoms with Gasteiger partial charge in [0.15, 0.2) is 17.7 Å². The molecule has 0 bridgehead atoms. The smallest absolute Gasteiger partial charge is 0.228 e. The Labute approximate surface area is 125 Å². The molecule has 0 N–H and O–H groups in total. The van der Waals surface area contributed by atoms with Crippen LogP contribution in [0.25, 0.3) is 0 Å². The van der Waals surface area contributed by atoms with Gasteiger partial charge in [0.05, 0.1) is 12.9 Å². The molecule has 3 heterocycles. The van der Waals surface area contributed by atoms with Crippen molar-refractivity contribution >= 4 is 0 Å². The normalized spacial score (nSPS) is 44.3. The Morgan fingerprint density at radius 2 is 1.67 bits per heavy atom. The molecule has 0 unspecified atom stereocenters. The van der Waals surface area contributed by atoms with Crippen LogP contribution < -0.4 is 0 Å². The Bertz CT molecular complexity index is 418. The fraction of sp³-hybridized carbons (Fsp3) is 0.867. The molecule has 21 heavy (non-hydrogen) atoms. The van der Waals surface area contributed by atoms with Gasteiger partial charge in [0.25, 0.3) is 0 Å². The van der Waals surface area contributed by atoms with Gasteiger partial charge >= 0.3 is 0 Å². The highest BCUT2D eigenvalue weighted by molar-refractivity contribution is 5.00. The summed E-state index contributed by atoms with van der Waals surface area (Å²) in [6.07, 6.45) is 1.97. The van der Waals surface area contributed by atoms with Crippen molar-refractivity contribution in [3.63, 3.8) is 0 Å². The zero-order valence-electron chi connectivity index (χ0n) is 13.2. The van der Waals surface area contributed by atoms with E-state index in [4.69, 9.17) is 28.4 Å². The summed E-state index contributed by atoms with van der Waals surface area (Å²) in [5.41, 5.74) is 0. The van der Waals surface area contributed by atoms with Gasteiger partial charge in [-0.25, -0.2) is 0 Å². The average Bonchev–Trinajstić information content (AvgIpc) is 2.98. The van der Waals surface area contributed by atoms with Crippen LogP contribution in [0.1, 0.15) is 34.6 Å². The lowest BCUT2D eigenvalue weighted by atomic mass is 10.1. The quantitative estimate of drug-likeness (QED) is 0.742. The summed E-state index contributed by atoms with van der Waals surface area (Å²) in [6.45, 7) is 9.93. The molecule has 0 amide bonds. The zero-order chi connectivity index (χ0) is 15.3. The maximum absolute atomic E-state index is 5.99. The van der Waals surface area contributed by atoms with Gasteiger partial charge in [-0.15, -0.1) is 0 Å². The van der Waals surface area contributed by atoms with Gasteiger partial charge in [-0.2, -0.15) is 0 Å². The Kier molecular flexibility index (Phi) is 3.78. The largest absolute Gasteiger partial charge is 0.470 e. The molecule has 6 heteroatoms. The molecule has 3 saturated heterocycles. The molecule has 0 saturated carbocycles. The monoisotopic (exact) mass is 300 g/mol. The van der Waals surface area contributed by atoms with Crippen molar-refractivity contribution in [3.05, 3.63) is 12.3 Å². The number of fused-ring (bicyclic) bond motifs is 1. The van der Waals surface area contributed by atoms with Crippen LogP contribution in [0.15, 0.2) is 12.3 Å². The highest BCUT2D eigenvalue weighted by atomic mass is 16.8. The lowest BCUT2D eigenvalue weighted by Crippen LogP contribution is -2.40. The van der Waals surface area contributed by atoms with E-state index in [-0.39, 0.29) is 24.4 Å². The van der Waals surface area contributed by atoms with Gasteiger partial charge in [0.2, 0.25) is 6.29 Å². The van der Waals surface area contributed by atoms with Crippen LogP contribution in [-0.2, 0) is 28.4 Å². The molecule has 0 spiro atoms. The van der Waals surface area contributed by atoms with E-state index in [0.717, 1.165) is 0 Å². The standard InChI is InChI=1S/C15H24O6/c1-6-7-16-13-12-11(20-15(4,5)21-12)10(18-13)9-8-17-14(2,3)19-9/h6-7,9-13H,8H2,1-5H3/b7-6-/t9-,10-,11+,12+,13+/m1/s1. The molecule has 3 fully saturated rings. The number of allylic oxidation sites excluding steroid dienone is 1. The molecule has 5 atom stereocenters. The number of hydrogen-bond acceptors (Lipinski definition) is 6. The van der Waals surface area contributed by atoms with Crippen LogP contribution in [0.2, 0.25) is 0 Å². The van der Waals surface area contributed by atoms with Crippen molar-refractivity contribution in [3.8, 4) is 0 Å². The van der Waals surface area contributed by atoms with Gasteiger partial charge in [0, 0.05) is 0 Å². The molecule has 0 aliphatic carbocycles. The number of ether oxygens (including phenoxy) is 6. The molecule has 0 aromatic carbocycles. The molecule has 3 aliphatic heterocycles. The summed E-state index contributed by atoms with van der Waals surface area (Å²) in [7, 11) is 0. The summed E-state index contributed by atoms with van der Waals surface area (Å²) >= 11 is 0. The van der Waals surface area contributed by atoms with Crippen molar-refractivity contribution in [2.75, 3.05) is 6.61 Å². The Hall–Kier alpha value is -0.660. The van der Waals surface area contributed by atoms with E-state index in [0.29, 0.717) is 6.61 Å². The summed E-state index contributed by atoms with van der Waals surface area (Å²) in [5.74, 6) is -1.25. The van der Waals surface area contributed by atoms with E-state index in [9.17, 15) is 0 Å². The molecule has 0 aromatic rings. The third-order valence-corrected chi connectivity index (χ3v) is 3.79. The van der Waals surface area contributed by atoms with Gasteiger partial charge in [-0.3, -0.25) is 0 Å². The fourth-order valence-corrected chi connectivity index (χ4v) is 3.03. The lowest BCUT2D eigenvalue weighted by Gasteiger charge is -2.26. The Balaban J connectivity index is 1.75. The first-order chi connectivity index (χ1) is 9.81. The second-order valence-corrected chi connectivity index (χ2v) is 6.51. The maximum Gasteiger partial charge on any atom is 0.228 e. The second kappa shape index (κ2) is 5.21. The predicted octanol–water partition coefficient (Wildman–Crippen LogP) is 1.93. The van der Waals surface area contributed by atoms with Crippen LogP contribution >= 0.6 is 0 Å². The molecule has 3 aliphatic rings. The van der Waals surface area contributed by atoms with Crippen molar-refractivity contribution in [1.29, 1.82) is 0 Å². The summed E-state index contributed by atoms with van der Waals surface area (Å²) in [5, 5.41) is 0. The van der Waals surface area contributed by atoms with Crippen molar-refractivity contribution in [1.82, 2.24) is 0 Å². The lowest BCUT2D eigenvalue weighted by molar-refractivity contribution is -0.237. The molecular formula is C15H24O6. The minimum absolute atomic E-state index is 0.191. The maximum atomic E-state index is 5.99. The fourth-order valence-electron chi connectivity index (χ4n) is 3.03. The third kappa shape index (κ3) is 2.96. The Morgan fingerprint density at radius 3 is 2.29 bits per heavy atom. The van der Waals surface area contributed by atoms with Crippen LogP contribution in [0, 0.1) is 0 Å². The third-order valence-electron chi connectivity index (χ3n) is 3.79. The van der Waals surface area contributed by atoms with Crippen molar-refractivity contribution in [2.24, 2.45) is 0 Å². The first-order valence-corrected chi connectivity index (χ1v) is 7.41. The molecular weight excluding hydrogens is 276 g/mol. The SMILES string of the molecule is C/C=C\O[C@H]1O[C@H]([C@H]2COC(C)(C)O2)[C@@H]2OC(C)(C)O[C@H]12. The van der Waals surface area contributed by atoms with E-state index < -0.39 is 17.9 Å². The predicted molar refractivity (Wildman–Crippen MR) is 73.3 cm³/mol. The van der Waals surface area contributed by atoms with E-state index in [1.807, 2.05) is 40.7 Å². The molecule has 3 rings (SSSR count). The first kappa shape index (κ1) is 15.2. The van der Waals surface area contributed by atoms with Crippen LogP contribution in [-0.4, -0.2) is 48.9 Å². The van der Waals surface area contributed by atoms with Crippen LogP contribution in [0.5, 0.6) is 0 Å².